The maximum Gasteiger partial charge on any atom is 0.257 e. The second-order valence-electron chi connectivity index (χ2n) is 8.75. The highest BCUT2D eigenvalue weighted by molar-refractivity contribution is 6.07. The maximum atomic E-state index is 13.4. The van der Waals surface area contributed by atoms with Gasteiger partial charge in [-0.25, -0.2) is 9.97 Å². The smallest absolute Gasteiger partial charge is 0.257 e. The van der Waals surface area contributed by atoms with Crippen LogP contribution < -0.4 is 5.32 Å². The van der Waals surface area contributed by atoms with E-state index in [1.807, 2.05) is 24.0 Å². The maximum absolute atomic E-state index is 13.4. The van der Waals surface area contributed by atoms with E-state index in [0.29, 0.717) is 23.0 Å². The van der Waals surface area contributed by atoms with Gasteiger partial charge in [-0.05, 0) is 61.4 Å². The Morgan fingerprint density at radius 1 is 1.10 bits per heavy atom. The molecule has 6 heteroatoms. The fraction of sp³-hybridized carbons (Fsp3) is 0.400. The van der Waals surface area contributed by atoms with E-state index in [4.69, 9.17) is 0 Å². The van der Waals surface area contributed by atoms with Gasteiger partial charge in [-0.15, -0.1) is 12.4 Å². The second kappa shape index (κ2) is 9.65. The third-order valence-electron chi connectivity index (χ3n) is 6.02. The summed E-state index contributed by atoms with van der Waals surface area (Å²) in [6.07, 6.45) is 3.78. The van der Waals surface area contributed by atoms with E-state index >= 15 is 0 Å². The van der Waals surface area contributed by atoms with E-state index in [0.717, 1.165) is 48.4 Å². The second-order valence-corrected chi connectivity index (χ2v) is 8.75. The Bertz CT molecular complexity index is 1060. The van der Waals surface area contributed by atoms with Crippen molar-refractivity contribution in [3.05, 3.63) is 59.4 Å². The zero-order valence-electron chi connectivity index (χ0n) is 18.7. The van der Waals surface area contributed by atoms with Crippen LogP contribution >= 0.6 is 12.4 Å². The molecule has 1 amide bonds. The van der Waals surface area contributed by atoms with E-state index in [-0.39, 0.29) is 18.3 Å². The van der Waals surface area contributed by atoms with Gasteiger partial charge in [0.1, 0.15) is 0 Å². The number of pyridine rings is 2. The van der Waals surface area contributed by atoms with Gasteiger partial charge >= 0.3 is 0 Å². The van der Waals surface area contributed by atoms with Gasteiger partial charge in [0.25, 0.3) is 5.91 Å². The number of aromatic nitrogens is 2. The number of hydrogen-bond donors (Lipinski definition) is 1. The predicted molar refractivity (Wildman–Crippen MR) is 130 cm³/mol. The molecule has 5 nitrogen and oxygen atoms in total. The van der Waals surface area contributed by atoms with Crippen molar-refractivity contribution in [2.45, 2.75) is 46.5 Å². The molecule has 2 aromatic heterocycles. The molecule has 0 aliphatic carbocycles. The Labute approximate surface area is 190 Å². The standard InChI is InChI=1S/C25H30N4O.ClH/c1-16(2)19-6-8-20(9-7-19)28-23-21-10-5-18(4)27-24(21)26-15-22(23)25(30)29-13-11-17(3)12-14-29;/h5-10,15-17H,11-14H2,1-4H3,(H,26,27,28);1H. The van der Waals surface area contributed by atoms with Crippen LogP contribution in [0.25, 0.3) is 11.0 Å². The highest BCUT2D eigenvalue weighted by Crippen LogP contribution is 2.31. The Balaban J connectivity index is 0.00000272. The first kappa shape index (κ1) is 23.0. The monoisotopic (exact) mass is 438 g/mol. The van der Waals surface area contributed by atoms with Crippen LogP contribution in [0.1, 0.15) is 61.1 Å². The van der Waals surface area contributed by atoms with Gasteiger partial charge in [-0.3, -0.25) is 4.79 Å². The molecule has 1 N–H and O–H groups in total. The van der Waals surface area contributed by atoms with Gasteiger partial charge < -0.3 is 10.2 Å². The first-order valence-electron chi connectivity index (χ1n) is 10.8. The highest BCUT2D eigenvalue weighted by Gasteiger charge is 2.25. The van der Waals surface area contributed by atoms with Crippen LogP contribution in [0.15, 0.2) is 42.6 Å². The highest BCUT2D eigenvalue weighted by atomic mass is 35.5. The molecule has 1 fully saturated rings. The number of aryl methyl sites for hydroxylation is 1. The van der Waals surface area contributed by atoms with Crippen LogP contribution in [-0.4, -0.2) is 33.9 Å². The molecule has 0 radical (unpaired) electrons. The van der Waals surface area contributed by atoms with Crippen molar-refractivity contribution in [1.82, 2.24) is 14.9 Å². The minimum absolute atomic E-state index is 0. The number of anilines is 2. The molecule has 3 aromatic rings. The fourth-order valence-corrected chi connectivity index (χ4v) is 3.95. The summed E-state index contributed by atoms with van der Waals surface area (Å²) < 4.78 is 0. The number of rotatable bonds is 4. The lowest BCUT2D eigenvalue weighted by molar-refractivity contribution is 0.0698. The molecule has 3 heterocycles. The first-order valence-corrected chi connectivity index (χ1v) is 10.8. The molecule has 31 heavy (non-hydrogen) atoms. The van der Waals surface area contributed by atoms with Crippen molar-refractivity contribution in [3.63, 3.8) is 0 Å². The summed E-state index contributed by atoms with van der Waals surface area (Å²) in [6.45, 7) is 10.2. The van der Waals surface area contributed by atoms with Gasteiger partial charge in [-0.1, -0.05) is 32.9 Å². The number of piperidine rings is 1. The van der Waals surface area contributed by atoms with Gasteiger partial charge in [0.15, 0.2) is 5.65 Å². The summed E-state index contributed by atoms with van der Waals surface area (Å²) >= 11 is 0. The van der Waals surface area contributed by atoms with Crippen LogP contribution in [0.4, 0.5) is 11.4 Å². The summed E-state index contributed by atoms with van der Waals surface area (Å²) in [6, 6.07) is 12.4. The van der Waals surface area contributed by atoms with Gasteiger partial charge in [0, 0.05) is 36.1 Å². The van der Waals surface area contributed by atoms with E-state index in [1.165, 1.54) is 5.56 Å². The summed E-state index contributed by atoms with van der Waals surface area (Å²) in [7, 11) is 0. The molecule has 1 aliphatic rings. The zero-order valence-corrected chi connectivity index (χ0v) is 19.5. The number of likely N-dealkylation sites (tertiary alicyclic amines) is 1. The van der Waals surface area contributed by atoms with Crippen LogP contribution in [0.5, 0.6) is 0 Å². The Hall–Kier alpha value is -2.66. The van der Waals surface area contributed by atoms with Gasteiger partial charge in [-0.2, -0.15) is 0 Å². The number of nitrogens with one attached hydrogen (secondary N) is 1. The lowest BCUT2D eigenvalue weighted by atomic mass is 9.98. The summed E-state index contributed by atoms with van der Waals surface area (Å²) in [4.78, 5) is 24.4. The third-order valence-corrected chi connectivity index (χ3v) is 6.02. The van der Waals surface area contributed by atoms with Crippen LogP contribution in [0.3, 0.4) is 0 Å². The molecule has 0 spiro atoms. The Morgan fingerprint density at radius 2 is 1.77 bits per heavy atom. The minimum Gasteiger partial charge on any atom is -0.354 e. The first-order chi connectivity index (χ1) is 14.4. The molecule has 1 aromatic carbocycles. The zero-order chi connectivity index (χ0) is 21.3. The summed E-state index contributed by atoms with van der Waals surface area (Å²) in [5.41, 5.74) is 5.19. The van der Waals surface area contributed by atoms with E-state index in [1.54, 1.807) is 6.20 Å². The van der Waals surface area contributed by atoms with Crippen molar-refractivity contribution < 1.29 is 4.79 Å². The predicted octanol–water partition coefficient (Wildman–Crippen LogP) is 6.10. The topological polar surface area (TPSA) is 58.1 Å². The average molecular weight is 439 g/mol. The quantitative estimate of drug-likeness (QED) is 0.534. The Kier molecular flexibility index (Phi) is 7.16. The SMILES string of the molecule is Cc1ccc2c(Nc3ccc(C(C)C)cc3)c(C(=O)N3CCC(C)CC3)cnc2n1.Cl. The van der Waals surface area contributed by atoms with Crippen LogP contribution in [-0.2, 0) is 0 Å². The number of amides is 1. The molecule has 164 valence electrons. The molecular formula is C25H31ClN4O. The molecule has 0 bridgehead atoms. The number of fused-ring (bicyclic) bond motifs is 1. The summed E-state index contributed by atoms with van der Waals surface area (Å²) in [5, 5.41) is 4.37. The van der Waals surface area contributed by atoms with Crippen LogP contribution in [0.2, 0.25) is 0 Å². The van der Waals surface area contributed by atoms with E-state index in [2.05, 4.69) is 60.3 Å². The number of halogens is 1. The molecule has 0 atom stereocenters. The lowest BCUT2D eigenvalue weighted by Crippen LogP contribution is -2.38. The number of hydrogen-bond acceptors (Lipinski definition) is 4. The minimum atomic E-state index is 0. The van der Waals surface area contributed by atoms with E-state index in [9.17, 15) is 4.79 Å². The van der Waals surface area contributed by atoms with Crippen molar-refractivity contribution >= 4 is 40.7 Å². The van der Waals surface area contributed by atoms with Crippen LogP contribution in [0, 0.1) is 12.8 Å². The third kappa shape index (κ3) is 4.99. The van der Waals surface area contributed by atoms with Crippen molar-refractivity contribution in [3.8, 4) is 0 Å². The fourth-order valence-electron chi connectivity index (χ4n) is 3.95. The number of carbonyl (C=O) groups excluding carboxylic acids is 1. The number of benzene rings is 1. The van der Waals surface area contributed by atoms with Crippen molar-refractivity contribution in [1.29, 1.82) is 0 Å². The Morgan fingerprint density at radius 3 is 2.42 bits per heavy atom. The summed E-state index contributed by atoms with van der Waals surface area (Å²) in [5.74, 6) is 1.19. The largest absolute Gasteiger partial charge is 0.354 e. The number of nitrogens with zero attached hydrogens (tertiary/aromatic N) is 3. The van der Waals surface area contributed by atoms with Crippen molar-refractivity contribution in [2.24, 2.45) is 5.92 Å². The molecule has 0 saturated carbocycles. The lowest BCUT2D eigenvalue weighted by Gasteiger charge is -2.31. The van der Waals surface area contributed by atoms with Gasteiger partial charge in [0.05, 0.1) is 11.3 Å². The molecule has 4 rings (SSSR count). The average Bonchev–Trinajstić information content (AvgIpc) is 2.74. The molecule has 1 aliphatic heterocycles. The molecule has 0 unspecified atom stereocenters. The number of carbonyl (C=O) groups is 1. The molecule has 1 saturated heterocycles. The van der Waals surface area contributed by atoms with Gasteiger partial charge in [0.2, 0.25) is 0 Å². The normalized spacial score (nSPS) is 14.5. The molecular weight excluding hydrogens is 408 g/mol. The van der Waals surface area contributed by atoms with Crippen molar-refractivity contribution in [2.75, 3.05) is 18.4 Å². The van der Waals surface area contributed by atoms with E-state index < -0.39 is 0 Å².